The first-order valence-corrected chi connectivity index (χ1v) is 7.48. The molecule has 0 aliphatic carbocycles. The van der Waals surface area contributed by atoms with Crippen molar-refractivity contribution in [2.75, 3.05) is 18.9 Å². The molecule has 114 valence electrons. The van der Waals surface area contributed by atoms with Crippen LogP contribution in [-0.4, -0.2) is 45.4 Å². The molecule has 3 rings (SSSR count). The van der Waals surface area contributed by atoms with Crippen molar-refractivity contribution >= 4 is 11.7 Å². The summed E-state index contributed by atoms with van der Waals surface area (Å²) in [6, 6.07) is 7.35. The predicted molar refractivity (Wildman–Crippen MR) is 84.3 cm³/mol. The van der Waals surface area contributed by atoms with Gasteiger partial charge in [-0.15, -0.1) is 0 Å². The maximum absolute atomic E-state index is 12.0. The van der Waals surface area contributed by atoms with E-state index in [2.05, 4.69) is 20.3 Å². The Hall–Kier alpha value is -2.50. The van der Waals surface area contributed by atoms with Gasteiger partial charge in [-0.2, -0.15) is 0 Å². The second kappa shape index (κ2) is 6.09. The zero-order chi connectivity index (χ0) is 15.5. The second-order valence-corrected chi connectivity index (χ2v) is 5.38. The van der Waals surface area contributed by atoms with E-state index in [9.17, 15) is 4.79 Å². The number of anilines is 1. The van der Waals surface area contributed by atoms with E-state index in [-0.39, 0.29) is 11.9 Å². The smallest absolute Gasteiger partial charge is 0.244 e. The number of carbonyl (C=O) groups is 1. The van der Waals surface area contributed by atoms with Gasteiger partial charge in [-0.1, -0.05) is 13.0 Å². The van der Waals surface area contributed by atoms with Gasteiger partial charge in [-0.05, 0) is 25.0 Å². The van der Waals surface area contributed by atoms with Crippen molar-refractivity contribution in [2.24, 2.45) is 0 Å². The Morgan fingerprint density at radius 1 is 1.36 bits per heavy atom. The average molecular weight is 297 g/mol. The molecule has 1 saturated heterocycles. The lowest BCUT2D eigenvalue weighted by atomic mass is 10.2. The van der Waals surface area contributed by atoms with E-state index >= 15 is 0 Å². The number of aromatic nitrogens is 3. The highest BCUT2D eigenvalue weighted by Crippen LogP contribution is 2.19. The highest BCUT2D eigenvalue weighted by molar-refractivity contribution is 5.86. The number of likely N-dealkylation sites (tertiary alicyclic amines) is 1. The van der Waals surface area contributed by atoms with E-state index in [1.165, 1.54) is 0 Å². The molecule has 1 amide bonds. The van der Waals surface area contributed by atoms with E-state index in [4.69, 9.17) is 0 Å². The van der Waals surface area contributed by atoms with Gasteiger partial charge in [0.25, 0.3) is 0 Å². The molecule has 6 nitrogen and oxygen atoms in total. The Bertz CT molecular complexity index is 673. The highest BCUT2D eigenvalue weighted by Gasteiger charge is 2.29. The molecule has 0 aromatic carbocycles. The zero-order valence-corrected chi connectivity index (χ0v) is 12.8. The lowest BCUT2D eigenvalue weighted by Gasteiger charge is -2.14. The topological polar surface area (TPSA) is 71.0 Å². The summed E-state index contributed by atoms with van der Waals surface area (Å²) in [6.45, 7) is 2.82. The predicted octanol–water partition coefficient (Wildman–Crippen LogP) is 1.74. The third-order valence-electron chi connectivity index (χ3n) is 3.79. The Morgan fingerprint density at radius 2 is 2.23 bits per heavy atom. The summed E-state index contributed by atoms with van der Waals surface area (Å²) in [5, 5.41) is 3.24. The Labute approximate surface area is 129 Å². The number of carbonyl (C=O) groups excluding carboxylic acids is 1. The number of aryl methyl sites for hydroxylation is 1. The van der Waals surface area contributed by atoms with Crippen LogP contribution in [0.15, 0.2) is 30.5 Å². The van der Waals surface area contributed by atoms with Gasteiger partial charge in [0, 0.05) is 31.5 Å². The first-order valence-electron chi connectivity index (χ1n) is 7.48. The summed E-state index contributed by atoms with van der Waals surface area (Å²) >= 11 is 0. The molecule has 1 N–H and O–H groups in total. The van der Waals surface area contributed by atoms with E-state index in [1.807, 2.05) is 38.2 Å². The lowest BCUT2D eigenvalue weighted by Crippen LogP contribution is -2.31. The van der Waals surface area contributed by atoms with Crippen LogP contribution >= 0.6 is 0 Å². The summed E-state index contributed by atoms with van der Waals surface area (Å²) in [6.07, 6.45) is 3.31. The fourth-order valence-corrected chi connectivity index (χ4v) is 2.50. The lowest BCUT2D eigenvalue weighted by molar-refractivity contribution is -0.127. The molecule has 6 heteroatoms. The molecule has 0 spiro atoms. The van der Waals surface area contributed by atoms with Crippen LogP contribution in [0, 0.1) is 0 Å². The molecule has 1 atom stereocenters. The van der Waals surface area contributed by atoms with Crippen LogP contribution in [0.5, 0.6) is 0 Å². The number of rotatable bonds is 4. The molecule has 0 radical (unpaired) electrons. The van der Waals surface area contributed by atoms with Gasteiger partial charge in [0.2, 0.25) is 5.91 Å². The van der Waals surface area contributed by atoms with Crippen LogP contribution < -0.4 is 5.32 Å². The first-order chi connectivity index (χ1) is 10.7. The van der Waals surface area contributed by atoms with Crippen LogP contribution in [-0.2, 0) is 11.2 Å². The van der Waals surface area contributed by atoms with Crippen LogP contribution in [0.25, 0.3) is 11.5 Å². The average Bonchev–Trinajstić information content (AvgIpc) is 2.87. The summed E-state index contributed by atoms with van der Waals surface area (Å²) < 4.78 is 0. The Kier molecular flexibility index (Phi) is 4.00. The largest absolute Gasteiger partial charge is 0.358 e. The summed E-state index contributed by atoms with van der Waals surface area (Å²) in [5.41, 5.74) is 1.66. The van der Waals surface area contributed by atoms with Gasteiger partial charge in [-0.3, -0.25) is 9.78 Å². The third kappa shape index (κ3) is 2.90. The quantitative estimate of drug-likeness (QED) is 0.931. The van der Waals surface area contributed by atoms with Crippen molar-refractivity contribution in [1.82, 2.24) is 19.9 Å². The number of nitrogens with one attached hydrogen (secondary N) is 1. The van der Waals surface area contributed by atoms with Gasteiger partial charge in [0.15, 0.2) is 5.82 Å². The zero-order valence-electron chi connectivity index (χ0n) is 12.8. The second-order valence-electron chi connectivity index (χ2n) is 5.38. The molecule has 1 aliphatic heterocycles. The minimum Gasteiger partial charge on any atom is -0.358 e. The van der Waals surface area contributed by atoms with Crippen molar-refractivity contribution in [3.8, 4) is 11.5 Å². The monoisotopic (exact) mass is 297 g/mol. The number of nitrogens with zero attached hydrogens (tertiary/aromatic N) is 4. The minimum absolute atomic E-state index is 0.107. The van der Waals surface area contributed by atoms with Crippen molar-refractivity contribution in [3.05, 3.63) is 36.2 Å². The van der Waals surface area contributed by atoms with Gasteiger partial charge in [0.05, 0.1) is 0 Å². The first kappa shape index (κ1) is 14.4. The highest BCUT2D eigenvalue weighted by atomic mass is 16.2. The molecular formula is C16H19N5O. The van der Waals surface area contributed by atoms with Crippen LogP contribution in [0.4, 0.5) is 5.82 Å². The fourth-order valence-electron chi connectivity index (χ4n) is 2.50. The van der Waals surface area contributed by atoms with Crippen molar-refractivity contribution in [1.29, 1.82) is 0 Å². The van der Waals surface area contributed by atoms with Crippen LogP contribution in [0.2, 0.25) is 0 Å². The van der Waals surface area contributed by atoms with Gasteiger partial charge >= 0.3 is 0 Å². The maximum atomic E-state index is 12.0. The number of pyridine rings is 1. The molecule has 22 heavy (non-hydrogen) atoms. The van der Waals surface area contributed by atoms with Crippen molar-refractivity contribution in [3.63, 3.8) is 0 Å². The summed E-state index contributed by atoms with van der Waals surface area (Å²) in [4.78, 5) is 27.1. The maximum Gasteiger partial charge on any atom is 0.244 e. The molecule has 2 aromatic heterocycles. The van der Waals surface area contributed by atoms with E-state index in [0.717, 1.165) is 30.8 Å². The van der Waals surface area contributed by atoms with Gasteiger partial charge < -0.3 is 10.2 Å². The Balaban J connectivity index is 1.90. The van der Waals surface area contributed by atoms with Crippen molar-refractivity contribution < 1.29 is 4.79 Å². The number of likely N-dealkylation sites (N-methyl/N-ethyl adjacent to an activating group) is 1. The number of hydrogen-bond donors (Lipinski definition) is 1. The van der Waals surface area contributed by atoms with Gasteiger partial charge in [-0.25, -0.2) is 9.97 Å². The summed E-state index contributed by atoms with van der Waals surface area (Å²) in [5.74, 6) is 1.37. The van der Waals surface area contributed by atoms with Gasteiger partial charge in [0.1, 0.15) is 17.6 Å². The number of amides is 1. The van der Waals surface area contributed by atoms with E-state index in [0.29, 0.717) is 11.6 Å². The molecule has 3 heterocycles. The molecular weight excluding hydrogens is 278 g/mol. The van der Waals surface area contributed by atoms with E-state index in [1.54, 1.807) is 11.1 Å². The molecule has 0 bridgehead atoms. The van der Waals surface area contributed by atoms with Crippen LogP contribution in [0.1, 0.15) is 19.0 Å². The van der Waals surface area contributed by atoms with Crippen molar-refractivity contribution in [2.45, 2.75) is 25.8 Å². The molecule has 2 aromatic rings. The third-order valence-corrected chi connectivity index (χ3v) is 3.79. The normalized spacial score (nSPS) is 17.8. The van der Waals surface area contributed by atoms with Crippen LogP contribution in [0.3, 0.4) is 0 Å². The molecule has 1 aliphatic rings. The Morgan fingerprint density at radius 3 is 2.86 bits per heavy atom. The SMILES string of the molecule is CCc1cc(NC2CCN(C)C2=O)nc(-c2ccccn2)n1. The standard InChI is InChI=1S/C16H19N5O/c1-3-11-10-14(19-13-7-9-21(2)16(13)22)20-15(18-11)12-6-4-5-8-17-12/h4-6,8,10,13H,3,7,9H2,1-2H3,(H,18,19,20). The molecule has 0 saturated carbocycles. The minimum atomic E-state index is -0.207. The number of hydrogen-bond acceptors (Lipinski definition) is 5. The molecule has 1 fully saturated rings. The fraction of sp³-hybridized carbons (Fsp3) is 0.375. The molecule has 1 unspecified atom stereocenters. The summed E-state index contributed by atoms with van der Waals surface area (Å²) in [7, 11) is 1.82. The van der Waals surface area contributed by atoms with E-state index < -0.39 is 0 Å².